The van der Waals surface area contributed by atoms with Gasteiger partial charge in [-0.25, -0.2) is 9.97 Å². The minimum absolute atomic E-state index is 0.308. The Bertz CT molecular complexity index is 1280. The topological polar surface area (TPSA) is 71.4 Å². The predicted octanol–water partition coefficient (Wildman–Crippen LogP) is 5.89. The van der Waals surface area contributed by atoms with Crippen LogP contribution in [0.1, 0.15) is 37.6 Å². The van der Waals surface area contributed by atoms with Crippen molar-refractivity contribution in [3.05, 3.63) is 83.7 Å². The van der Waals surface area contributed by atoms with Gasteiger partial charge in [-0.05, 0) is 54.8 Å². The van der Waals surface area contributed by atoms with Gasteiger partial charge in [0.15, 0.2) is 0 Å². The van der Waals surface area contributed by atoms with Crippen molar-refractivity contribution in [2.24, 2.45) is 4.99 Å². The van der Waals surface area contributed by atoms with Gasteiger partial charge < -0.3 is 15.4 Å². The summed E-state index contributed by atoms with van der Waals surface area (Å²) in [5.41, 5.74) is 4.92. The van der Waals surface area contributed by atoms with Crippen LogP contribution in [0.25, 0.3) is 10.9 Å². The van der Waals surface area contributed by atoms with Crippen LogP contribution in [-0.4, -0.2) is 35.8 Å². The minimum atomic E-state index is -3.02. The molecular weight excluding hydrogens is 448 g/mol. The van der Waals surface area contributed by atoms with Crippen molar-refractivity contribution in [2.45, 2.75) is 39.5 Å². The number of nitrogens with zero attached hydrogens (tertiary/aromatic N) is 3. The van der Waals surface area contributed by atoms with E-state index in [0.717, 1.165) is 52.5 Å². The molecule has 0 aliphatic rings. The first-order valence-corrected chi connectivity index (χ1v) is 11.3. The second-order valence-electron chi connectivity index (χ2n) is 8.29. The van der Waals surface area contributed by atoms with Gasteiger partial charge in [-0.3, -0.25) is 4.99 Å². The Kier molecular flexibility index (Phi) is 8.17. The van der Waals surface area contributed by atoms with Gasteiger partial charge in [0.05, 0.1) is 24.1 Å². The molecule has 2 N–H and O–H groups in total. The quantitative estimate of drug-likeness (QED) is 0.355. The molecule has 0 saturated carbocycles. The highest BCUT2D eigenvalue weighted by Gasteiger charge is 2.27. The van der Waals surface area contributed by atoms with E-state index in [-0.39, 0.29) is 5.71 Å². The maximum Gasteiger partial charge on any atom is 0.286 e. The Balaban J connectivity index is 1.77. The second kappa shape index (κ2) is 11.1. The number of halogens is 2. The average Bonchev–Trinajstić information content (AvgIpc) is 2.81. The van der Waals surface area contributed by atoms with Gasteiger partial charge in [-0.1, -0.05) is 25.6 Å². The van der Waals surface area contributed by atoms with Crippen molar-refractivity contribution in [1.82, 2.24) is 15.3 Å². The van der Waals surface area contributed by atoms with Crippen LogP contribution >= 0.6 is 0 Å². The average molecular weight is 480 g/mol. The standard InChI is InChI=1S/C27H31F2N5O/c1-7-20-14-24-22(15-25(20)35-6)23(31-16-32-24)13-19-9-8-10-21(12-19)34-18(3)33-17(2)11-26(30-5)27(4,28)29/h8-12,14-16,33-34H,3,7,13H2,1-2,4-6H3/b17-11+,30-26?. The predicted molar refractivity (Wildman–Crippen MR) is 138 cm³/mol. The van der Waals surface area contributed by atoms with Crippen molar-refractivity contribution in [1.29, 1.82) is 0 Å². The third kappa shape index (κ3) is 6.62. The number of hydrogen-bond acceptors (Lipinski definition) is 6. The number of benzene rings is 2. The molecule has 0 spiro atoms. The van der Waals surface area contributed by atoms with Crippen LogP contribution in [0.2, 0.25) is 0 Å². The zero-order valence-electron chi connectivity index (χ0n) is 20.7. The number of methoxy groups -OCH3 is 1. The lowest BCUT2D eigenvalue weighted by atomic mass is 10.0. The monoisotopic (exact) mass is 479 g/mol. The van der Waals surface area contributed by atoms with E-state index in [1.54, 1.807) is 20.4 Å². The molecule has 0 bridgehead atoms. The number of aryl methyl sites for hydroxylation is 1. The molecule has 3 aromatic rings. The van der Waals surface area contributed by atoms with Crippen LogP contribution in [-0.2, 0) is 12.8 Å². The first-order chi connectivity index (χ1) is 16.6. The SMILES string of the molecule is C=C(N/C(C)=C/C(=NC)C(C)(F)F)Nc1cccc(Cc2ncnc3cc(CC)c(OC)cc23)c1. The van der Waals surface area contributed by atoms with E-state index in [2.05, 4.69) is 39.1 Å². The molecule has 0 saturated heterocycles. The van der Waals surface area contributed by atoms with Crippen LogP contribution in [0.4, 0.5) is 14.5 Å². The molecule has 35 heavy (non-hydrogen) atoms. The third-order valence-corrected chi connectivity index (χ3v) is 5.49. The number of fused-ring (bicyclic) bond motifs is 1. The number of ether oxygens (including phenoxy) is 1. The summed E-state index contributed by atoms with van der Waals surface area (Å²) in [4.78, 5) is 12.6. The van der Waals surface area contributed by atoms with Crippen molar-refractivity contribution in [3.63, 3.8) is 0 Å². The summed E-state index contributed by atoms with van der Waals surface area (Å²) in [6.45, 7) is 8.53. The highest BCUT2D eigenvalue weighted by atomic mass is 19.3. The number of alkyl halides is 2. The lowest BCUT2D eigenvalue weighted by molar-refractivity contribution is 0.101. The fourth-order valence-corrected chi connectivity index (χ4v) is 3.81. The molecule has 0 radical (unpaired) electrons. The third-order valence-electron chi connectivity index (χ3n) is 5.49. The maximum atomic E-state index is 13.6. The Morgan fingerprint density at radius 1 is 1.23 bits per heavy atom. The van der Waals surface area contributed by atoms with E-state index in [1.807, 2.05) is 36.4 Å². The van der Waals surface area contributed by atoms with Crippen LogP contribution < -0.4 is 15.4 Å². The number of nitrogens with one attached hydrogen (secondary N) is 2. The Morgan fingerprint density at radius 2 is 2.00 bits per heavy atom. The number of anilines is 1. The van der Waals surface area contributed by atoms with E-state index in [4.69, 9.17) is 4.74 Å². The van der Waals surface area contributed by atoms with Crippen molar-refractivity contribution < 1.29 is 13.5 Å². The summed E-state index contributed by atoms with van der Waals surface area (Å²) in [6.07, 6.45) is 4.35. The largest absolute Gasteiger partial charge is 0.496 e. The summed E-state index contributed by atoms with van der Waals surface area (Å²) in [6, 6.07) is 11.9. The maximum absolute atomic E-state index is 13.6. The molecule has 0 aliphatic carbocycles. The molecule has 0 fully saturated rings. The van der Waals surface area contributed by atoms with Crippen LogP contribution in [0.5, 0.6) is 5.75 Å². The van der Waals surface area contributed by atoms with Crippen molar-refractivity contribution >= 4 is 22.3 Å². The number of aliphatic imine (C=N–C) groups is 1. The number of allylic oxidation sites excluding steroid dienone is 2. The van der Waals surface area contributed by atoms with Crippen molar-refractivity contribution in [2.75, 3.05) is 19.5 Å². The van der Waals surface area contributed by atoms with Crippen LogP contribution in [0, 0.1) is 0 Å². The zero-order chi connectivity index (χ0) is 25.6. The number of aromatic nitrogens is 2. The summed E-state index contributed by atoms with van der Waals surface area (Å²) in [5.74, 6) is -1.74. The van der Waals surface area contributed by atoms with Crippen LogP contribution in [0.15, 0.2) is 71.9 Å². The molecule has 8 heteroatoms. The Hall–Kier alpha value is -3.81. The van der Waals surface area contributed by atoms with E-state index in [9.17, 15) is 8.78 Å². The fourth-order valence-electron chi connectivity index (χ4n) is 3.81. The highest BCUT2D eigenvalue weighted by molar-refractivity contribution is 6.00. The normalized spacial score (nSPS) is 12.5. The molecule has 3 rings (SSSR count). The summed E-state index contributed by atoms with van der Waals surface area (Å²) < 4.78 is 32.7. The molecule has 0 atom stereocenters. The Morgan fingerprint density at radius 3 is 2.66 bits per heavy atom. The van der Waals surface area contributed by atoms with Gasteiger partial charge in [0.25, 0.3) is 5.92 Å². The molecule has 0 amide bonds. The van der Waals surface area contributed by atoms with Crippen LogP contribution in [0.3, 0.4) is 0 Å². The molecule has 2 aromatic carbocycles. The van der Waals surface area contributed by atoms with Gasteiger partial charge in [0.2, 0.25) is 0 Å². The van der Waals surface area contributed by atoms with Gasteiger partial charge in [-0.2, -0.15) is 8.78 Å². The first-order valence-electron chi connectivity index (χ1n) is 11.3. The van der Waals surface area contributed by atoms with Gasteiger partial charge in [0.1, 0.15) is 17.8 Å². The highest BCUT2D eigenvalue weighted by Crippen LogP contribution is 2.28. The molecule has 6 nitrogen and oxygen atoms in total. The zero-order valence-corrected chi connectivity index (χ0v) is 20.7. The van der Waals surface area contributed by atoms with E-state index in [0.29, 0.717) is 17.9 Å². The second-order valence-corrected chi connectivity index (χ2v) is 8.29. The Labute approximate surface area is 204 Å². The first kappa shape index (κ1) is 25.8. The van der Waals surface area contributed by atoms with Crippen molar-refractivity contribution in [3.8, 4) is 5.75 Å². The van der Waals surface area contributed by atoms with Gasteiger partial charge >= 0.3 is 0 Å². The number of rotatable bonds is 10. The lowest BCUT2D eigenvalue weighted by Crippen LogP contribution is -2.25. The smallest absolute Gasteiger partial charge is 0.286 e. The van der Waals surface area contributed by atoms with Gasteiger partial charge in [-0.15, -0.1) is 0 Å². The van der Waals surface area contributed by atoms with E-state index >= 15 is 0 Å². The summed E-state index contributed by atoms with van der Waals surface area (Å²) >= 11 is 0. The molecule has 0 aliphatic heterocycles. The molecule has 1 aromatic heterocycles. The number of hydrogen-bond donors (Lipinski definition) is 2. The molecule has 1 heterocycles. The molecular formula is C27H31F2N5O. The summed E-state index contributed by atoms with van der Waals surface area (Å²) in [7, 11) is 3.01. The molecule has 184 valence electrons. The van der Waals surface area contributed by atoms with E-state index < -0.39 is 5.92 Å². The minimum Gasteiger partial charge on any atom is -0.496 e. The van der Waals surface area contributed by atoms with Gasteiger partial charge in [0, 0.05) is 37.2 Å². The summed E-state index contributed by atoms with van der Waals surface area (Å²) in [5, 5.41) is 7.11. The van der Waals surface area contributed by atoms with E-state index in [1.165, 1.54) is 13.1 Å². The fraction of sp³-hybridized carbons (Fsp3) is 0.296. The molecule has 0 unspecified atom stereocenters. The lowest BCUT2D eigenvalue weighted by Gasteiger charge is -2.15.